The van der Waals surface area contributed by atoms with Gasteiger partial charge in [0.2, 0.25) is 11.8 Å². The Morgan fingerprint density at radius 3 is 2.52 bits per heavy atom. The van der Waals surface area contributed by atoms with Gasteiger partial charge in [-0.1, -0.05) is 79.8 Å². The number of nitrogens with zero attached hydrogens (tertiary/aromatic N) is 3. The first-order chi connectivity index (χ1) is 23.2. The highest BCUT2D eigenvalue weighted by Gasteiger charge is 2.51. The zero-order chi connectivity index (χ0) is 33.8. The summed E-state index contributed by atoms with van der Waals surface area (Å²) in [5, 5.41) is 17.6. The smallest absolute Gasteiger partial charge is 0.247 e. The van der Waals surface area contributed by atoms with E-state index < -0.39 is 8.07 Å². The maximum Gasteiger partial charge on any atom is 0.247 e. The number of carbonyl (C=O) groups is 2. The number of rotatable bonds is 11. The first kappa shape index (κ1) is 34.1. The van der Waals surface area contributed by atoms with Crippen LogP contribution in [0.5, 0.6) is 5.75 Å². The van der Waals surface area contributed by atoms with E-state index in [-0.39, 0.29) is 48.1 Å². The molecule has 5 atom stereocenters. The number of aryl methyl sites for hydroxylation is 1. The van der Waals surface area contributed by atoms with Crippen molar-refractivity contribution < 1.29 is 24.2 Å². The molecule has 254 valence electrons. The Balaban J connectivity index is 1.21. The molecule has 8 nitrogen and oxygen atoms in total. The largest absolute Gasteiger partial charge is 0.497 e. The molecule has 0 saturated carbocycles. The number of hydrogen-bond acceptors (Lipinski definition) is 6. The summed E-state index contributed by atoms with van der Waals surface area (Å²) in [5.41, 5.74) is 4.11. The van der Waals surface area contributed by atoms with Crippen molar-refractivity contribution in [1.82, 2.24) is 4.90 Å². The SMILES string of the molecule is COc1ccc([Si](C)(C)[C@@H]2[C@@H](C)[C@@H](CCc3cccc(N4N=C(c5ccccc5)CCC4=O)c3)O[C@H]2CC(=O)N2CCC[C@H]2CO)cc1. The first-order valence-corrected chi connectivity index (χ1v) is 20.5. The first-order valence-electron chi connectivity index (χ1n) is 17.4. The van der Waals surface area contributed by atoms with E-state index in [9.17, 15) is 14.7 Å². The van der Waals surface area contributed by atoms with Crippen LogP contribution in [0.3, 0.4) is 0 Å². The molecule has 2 amide bonds. The van der Waals surface area contributed by atoms with Gasteiger partial charge in [-0.25, -0.2) is 5.01 Å². The summed E-state index contributed by atoms with van der Waals surface area (Å²) in [7, 11) is -0.439. The van der Waals surface area contributed by atoms with Gasteiger partial charge in [0.05, 0.1) is 57.9 Å². The summed E-state index contributed by atoms with van der Waals surface area (Å²) in [6, 6.07) is 26.5. The Labute approximate surface area is 285 Å². The monoisotopic (exact) mass is 667 g/mol. The van der Waals surface area contributed by atoms with Crippen molar-refractivity contribution >= 4 is 36.5 Å². The highest BCUT2D eigenvalue weighted by atomic mass is 28.3. The Morgan fingerprint density at radius 1 is 1.02 bits per heavy atom. The van der Waals surface area contributed by atoms with E-state index in [4.69, 9.17) is 14.6 Å². The fourth-order valence-corrected chi connectivity index (χ4v) is 12.3. The third-order valence-electron chi connectivity index (χ3n) is 10.9. The average molecular weight is 668 g/mol. The van der Waals surface area contributed by atoms with Crippen LogP contribution in [0, 0.1) is 5.92 Å². The van der Waals surface area contributed by atoms with Gasteiger partial charge in [0.15, 0.2) is 0 Å². The predicted octanol–water partition coefficient (Wildman–Crippen LogP) is 5.92. The average Bonchev–Trinajstić information content (AvgIpc) is 3.72. The maximum absolute atomic E-state index is 13.7. The van der Waals surface area contributed by atoms with Gasteiger partial charge in [-0.2, -0.15) is 5.10 Å². The van der Waals surface area contributed by atoms with Crippen LogP contribution in [-0.4, -0.2) is 74.1 Å². The molecule has 48 heavy (non-hydrogen) atoms. The van der Waals surface area contributed by atoms with Crippen LogP contribution in [0.15, 0.2) is 84.0 Å². The number of benzene rings is 3. The molecule has 9 heteroatoms. The number of hydrogen-bond donors (Lipinski definition) is 1. The molecule has 0 unspecified atom stereocenters. The third kappa shape index (κ3) is 7.14. The topological polar surface area (TPSA) is 91.7 Å². The molecular weight excluding hydrogens is 619 g/mol. The van der Waals surface area contributed by atoms with E-state index in [1.807, 2.05) is 59.5 Å². The number of aliphatic hydroxyl groups excluding tert-OH is 1. The molecule has 0 radical (unpaired) electrons. The van der Waals surface area contributed by atoms with Gasteiger partial charge in [-0.15, -0.1) is 0 Å². The highest BCUT2D eigenvalue weighted by molar-refractivity contribution is 6.91. The number of likely N-dealkylation sites (tertiary alicyclic amines) is 1. The minimum atomic E-state index is -2.12. The molecule has 1 N–H and O–H groups in total. The lowest BCUT2D eigenvalue weighted by atomic mass is 9.95. The summed E-state index contributed by atoms with van der Waals surface area (Å²) >= 11 is 0. The van der Waals surface area contributed by atoms with Crippen molar-refractivity contribution in [2.24, 2.45) is 11.0 Å². The minimum absolute atomic E-state index is 0.00194. The quantitative estimate of drug-likeness (QED) is 0.257. The van der Waals surface area contributed by atoms with Gasteiger partial charge in [-0.3, -0.25) is 9.59 Å². The number of hydrazone groups is 1. The molecule has 0 aliphatic carbocycles. The molecule has 3 aliphatic rings. The summed E-state index contributed by atoms with van der Waals surface area (Å²) in [6.45, 7) is 7.80. The van der Waals surface area contributed by atoms with Crippen LogP contribution in [0.2, 0.25) is 18.6 Å². The summed E-state index contributed by atoms with van der Waals surface area (Å²) in [5.74, 6) is 1.18. The summed E-state index contributed by atoms with van der Waals surface area (Å²) in [6.07, 6.45) is 4.58. The normalized spacial score (nSPS) is 24.6. The number of anilines is 1. The standard InChI is InChI=1S/C39H49N3O5Si/c1-27-35(21-15-28-10-8-13-30(24-28)42-37(44)22-20-34(40-42)29-11-6-5-7-12-29)47-36(25-38(45)41-23-9-14-31(41)26-43)39(27)48(3,4)33-18-16-32(46-2)17-19-33/h5-8,10-13,16-19,24,27,31,35-36,39,43H,9,14-15,20-23,25-26H2,1-4H3/t27-,31-,35+,36-,39+/m0/s1. The fraction of sp³-hybridized carbons (Fsp3) is 0.462. The van der Waals surface area contributed by atoms with Gasteiger partial charge < -0.3 is 19.5 Å². The molecular formula is C39H49N3O5Si. The van der Waals surface area contributed by atoms with Crippen LogP contribution in [0.4, 0.5) is 5.69 Å². The minimum Gasteiger partial charge on any atom is -0.497 e. The molecule has 3 heterocycles. The van der Waals surface area contributed by atoms with Crippen molar-refractivity contribution in [3.05, 3.63) is 90.0 Å². The lowest BCUT2D eigenvalue weighted by molar-refractivity contribution is -0.135. The number of carbonyl (C=O) groups excluding carboxylic acids is 2. The number of ether oxygens (including phenoxy) is 2. The van der Waals surface area contributed by atoms with E-state index in [2.05, 4.69) is 44.3 Å². The van der Waals surface area contributed by atoms with Crippen LogP contribution in [-0.2, 0) is 20.7 Å². The molecule has 2 saturated heterocycles. The maximum atomic E-state index is 13.7. The molecule has 2 fully saturated rings. The molecule has 0 spiro atoms. The van der Waals surface area contributed by atoms with E-state index in [1.165, 1.54) is 5.19 Å². The number of amides is 2. The number of methoxy groups -OCH3 is 1. The van der Waals surface area contributed by atoms with E-state index in [0.717, 1.165) is 54.0 Å². The zero-order valence-corrected chi connectivity index (χ0v) is 29.7. The van der Waals surface area contributed by atoms with Crippen molar-refractivity contribution in [2.75, 3.05) is 25.3 Å². The summed E-state index contributed by atoms with van der Waals surface area (Å²) < 4.78 is 12.3. The van der Waals surface area contributed by atoms with Crippen molar-refractivity contribution in [3.8, 4) is 5.75 Å². The van der Waals surface area contributed by atoms with E-state index >= 15 is 0 Å². The van der Waals surface area contributed by atoms with Crippen LogP contribution in [0.25, 0.3) is 0 Å². The van der Waals surface area contributed by atoms with Crippen molar-refractivity contribution in [1.29, 1.82) is 0 Å². The Bertz CT molecular complexity index is 1610. The molecule has 3 aliphatic heterocycles. The van der Waals surface area contributed by atoms with Gasteiger partial charge in [0.25, 0.3) is 0 Å². The second-order valence-corrected chi connectivity index (χ2v) is 18.8. The predicted molar refractivity (Wildman–Crippen MR) is 193 cm³/mol. The van der Waals surface area contributed by atoms with Crippen LogP contribution in [0.1, 0.15) is 56.6 Å². The van der Waals surface area contributed by atoms with Crippen LogP contribution < -0.4 is 14.9 Å². The van der Waals surface area contributed by atoms with E-state index in [0.29, 0.717) is 25.8 Å². The highest BCUT2D eigenvalue weighted by Crippen LogP contribution is 2.47. The van der Waals surface area contributed by atoms with Gasteiger partial charge in [0.1, 0.15) is 5.75 Å². The zero-order valence-electron chi connectivity index (χ0n) is 28.7. The molecule has 3 aromatic carbocycles. The van der Waals surface area contributed by atoms with E-state index in [1.54, 1.807) is 12.1 Å². The van der Waals surface area contributed by atoms with Crippen molar-refractivity contribution in [2.45, 2.75) is 88.8 Å². The number of aliphatic hydroxyl groups is 1. The Kier molecular flexibility index (Phi) is 10.5. The fourth-order valence-electron chi connectivity index (χ4n) is 8.23. The van der Waals surface area contributed by atoms with Crippen LogP contribution >= 0.6 is 0 Å². The second-order valence-electron chi connectivity index (χ2n) is 14.1. The molecule has 6 rings (SSSR count). The van der Waals surface area contributed by atoms with Gasteiger partial charge in [-0.05, 0) is 72.5 Å². The lowest BCUT2D eigenvalue weighted by Gasteiger charge is -2.36. The molecule has 0 aromatic heterocycles. The third-order valence-corrected chi connectivity index (χ3v) is 15.3. The second kappa shape index (κ2) is 14.8. The van der Waals surface area contributed by atoms with Gasteiger partial charge in [0, 0.05) is 19.4 Å². The lowest BCUT2D eigenvalue weighted by Crippen LogP contribution is -2.51. The molecule has 0 bridgehead atoms. The summed E-state index contributed by atoms with van der Waals surface area (Å²) in [4.78, 5) is 28.5. The van der Waals surface area contributed by atoms with Gasteiger partial charge >= 0.3 is 0 Å². The van der Waals surface area contributed by atoms with Crippen molar-refractivity contribution in [3.63, 3.8) is 0 Å². The molecule has 3 aromatic rings. The Hall–Kier alpha value is -3.79. The Morgan fingerprint density at radius 2 is 1.79 bits per heavy atom.